The van der Waals surface area contributed by atoms with E-state index in [9.17, 15) is 0 Å². The van der Waals surface area contributed by atoms with Crippen LogP contribution in [0.1, 0.15) is 25.0 Å². The van der Waals surface area contributed by atoms with E-state index in [2.05, 4.69) is 5.16 Å². The van der Waals surface area contributed by atoms with Crippen molar-refractivity contribution in [1.82, 2.24) is 0 Å². The molecule has 86 valence electrons. The summed E-state index contributed by atoms with van der Waals surface area (Å²) in [7, 11) is 0. The van der Waals surface area contributed by atoms with Gasteiger partial charge < -0.3 is 5.21 Å². The molecule has 0 unspecified atom stereocenters. The molecule has 0 radical (unpaired) electrons. The molecular formula is C15H15NO. The minimum Gasteiger partial charge on any atom is -0.410 e. The third-order valence-corrected chi connectivity index (χ3v) is 2.75. The second-order valence-electron chi connectivity index (χ2n) is 3.54. The Morgan fingerprint density at radius 2 is 1.06 bits per heavy atom. The quantitative estimate of drug-likeness (QED) is 0.456. The highest BCUT2D eigenvalue weighted by Crippen LogP contribution is 2.36. The van der Waals surface area contributed by atoms with Crippen molar-refractivity contribution in [3.8, 4) is 11.1 Å². The van der Waals surface area contributed by atoms with Crippen molar-refractivity contribution < 1.29 is 5.21 Å². The van der Waals surface area contributed by atoms with Crippen molar-refractivity contribution in [3.63, 3.8) is 0 Å². The Bertz CT molecular complexity index is 511. The largest absolute Gasteiger partial charge is 0.410 e. The minimum absolute atomic E-state index is 0.668. The molecule has 0 fully saturated rings. The van der Waals surface area contributed by atoms with Crippen LogP contribution in [0.3, 0.4) is 0 Å². The van der Waals surface area contributed by atoms with Gasteiger partial charge in [-0.25, -0.2) is 0 Å². The molecule has 2 nitrogen and oxygen atoms in total. The molecule has 2 aromatic carbocycles. The Morgan fingerprint density at radius 1 is 0.706 bits per heavy atom. The Kier molecular flexibility index (Phi) is 3.24. The van der Waals surface area contributed by atoms with Gasteiger partial charge >= 0.3 is 0 Å². The zero-order valence-electron chi connectivity index (χ0n) is 10.0. The number of nitrogens with zero attached hydrogens (tertiary/aromatic N) is 1. The molecule has 0 bridgehead atoms. The van der Waals surface area contributed by atoms with Crippen LogP contribution in [0, 0.1) is 0 Å². The average Bonchev–Trinajstić information content (AvgIpc) is 2.75. The van der Waals surface area contributed by atoms with Gasteiger partial charge in [-0.05, 0) is 11.1 Å². The monoisotopic (exact) mass is 225 g/mol. The molecule has 0 aliphatic heterocycles. The molecule has 0 spiro atoms. The van der Waals surface area contributed by atoms with Gasteiger partial charge in [-0.1, -0.05) is 67.5 Å². The summed E-state index contributed by atoms with van der Waals surface area (Å²) in [5.74, 6) is 0. The van der Waals surface area contributed by atoms with E-state index < -0.39 is 0 Å². The normalized spacial score (nSPS) is 11.1. The van der Waals surface area contributed by atoms with Crippen molar-refractivity contribution in [2.75, 3.05) is 0 Å². The second kappa shape index (κ2) is 4.83. The number of hydrogen-bond donors (Lipinski definition) is 1. The Morgan fingerprint density at radius 3 is 1.41 bits per heavy atom. The van der Waals surface area contributed by atoms with E-state index in [-0.39, 0.29) is 0 Å². The van der Waals surface area contributed by atoms with Crippen LogP contribution >= 0.6 is 0 Å². The molecule has 0 aromatic heterocycles. The Hall–Kier alpha value is -2.09. The first-order chi connectivity index (χ1) is 8.42. The van der Waals surface area contributed by atoms with E-state index >= 15 is 0 Å². The summed E-state index contributed by atoms with van der Waals surface area (Å²) in [4.78, 5) is 0. The van der Waals surface area contributed by atoms with Crippen LogP contribution in [0.25, 0.3) is 11.1 Å². The van der Waals surface area contributed by atoms with Gasteiger partial charge in [0, 0.05) is 11.1 Å². The first-order valence-electron chi connectivity index (χ1n) is 5.83. The maximum Gasteiger partial charge on any atom is 0.118 e. The predicted octanol–water partition coefficient (Wildman–Crippen LogP) is 3.92. The number of benzene rings is 2. The summed E-state index contributed by atoms with van der Waals surface area (Å²) >= 11 is 0. The Labute approximate surface area is 101 Å². The lowest BCUT2D eigenvalue weighted by molar-refractivity contribution is 0.320. The van der Waals surface area contributed by atoms with E-state index in [1.54, 1.807) is 0 Å². The van der Waals surface area contributed by atoms with E-state index in [1.807, 2.05) is 62.4 Å². The molecule has 2 aromatic rings. The second-order valence-corrected chi connectivity index (χ2v) is 3.54. The lowest BCUT2D eigenvalue weighted by Gasteiger charge is -1.96. The molecule has 1 N–H and O–H groups in total. The highest BCUT2D eigenvalue weighted by atomic mass is 16.4. The molecule has 0 atom stereocenters. The molecule has 0 saturated carbocycles. The van der Waals surface area contributed by atoms with Gasteiger partial charge in [0.2, 0.25) is 0 Å². The third kappa shape index (κ3) is 1.72. The fourth-order valence-corrected chi connectivity index (χ4v) is 2.10. The van der Waals surface area contributed by atoms with Gasteiger partial charge in [0.05, 0.1) is 0 Å². The van der Waals surface area contributed by atoms with Crippen molar-refractivity contribution in [2.24, 2.45) is 5.16 Å². The van der Waals surface area contributed by atoms with Crippen LogP contribution in [-0.4, -0.2) is 10.9 Å². The first kappa shape index (κ1) is 11.4. The molecule has 1 aliphatic carbocycles. The molecule has 2 heteroatoms. The number of fused-ring (bicyclic) bond motifs is 3. The van der Waals surface area contributed by atoms with Crippen LogP contribution in [-0.2, 0) is 0 Å². The highest BCUT2D eigenvalue weighted by molar-refractivity contribution is 6.24. The molecule has 17 heavy (non-hydrogen) atoms. The zero-order chi connectivity index (χ0) is 12.3. The van der Waals surface area contributed by atoms with Gasteiger partial charge in [0.25, 0.3) is 0 Å². The van der Waals surface area contributed by atoms with Gasteiger partial charge in [0.1, 0.15) is 5.71 Å². The average molecular weight is 225 g/mol. The van der Waals surface area contributed by atoms with Crippen molar-refractivity contribution in [2.45, 2.75) is 13.8 Å². The summed E-state index contributed by atoms with van der Waals surface area (Å²) in [6.45, 7) is 4.00. The zero-order valence-corrected chi connectivity index (χ0v) is 10.0. The van der Waals surface area contributed by atoms with Gasteiger partial charge in [-0.2, -0.15) is 0 Å². The Balaban J connectivity index is 0.000000514. The maximum absolute atomic E-state index is 9.05. The molecular weight excluding hydrogens is 210 g/mol. The fraction of sp³-hybridized carbons (Fsp3) is 0.133. The van der Waals surface area contributed by atoms with Crippen LogP contribution < -0.4 is 0 Å². The van der Waals surface area contributed by atoms with Crippen LogP contribution in [0.15, 0.2) is 53.7 Å². The summed E-state index contributed by atoms with van der Waals surface area (Å²) < 4.78 is 0. The molecule has 1 aliphatic rings. The van der Waals surface area contributed by atoms with Gasteiger partial charge in [-0.15, -0.1) is 0 Å². The summed E-state index contributed by atoms with van der Waals surface area (Å²) in [6, 6.07) is 15.9. The van der Waals surface area contributed by atoms with E-state index in [0.29, 0.717) is 5.71 Å². The van der Waals surface area contributed by atoms with E-state index in [4.69, 9.17) is 5.21 Å². The smallest absolute Gasteiger partial charge is 0.118 e. The van der Waals surface area contributed by atoms with Crippen LogP contribution in [0.4, 0.5) is 0 Å². The van der Waals surface area contributed by atoms with Crippen LogP contribution in [0.2, 0.25) is 0 Å². The predicted molar refractivity (Wildman–Crippen MR) is 70.7 cm³/mol. The van der Waals surface area contributed by atoms with Crippen molar-refractivity contribution >= 4 is 5.71 Å². The minimum atomic E-state index is 0.668. The van der Waals surface area contributed by atoms with E-state index in [1.165, 1.54) is 0 Å². The topological polar surface area (TPSA) is 32.6 Å². The van der Waals surface area contributed by atoms with Gasteiger partial charge in [-0.3, -0.25) is 0 Å². The number of rotatable bonds is 0. The van der Waals surface area contributed by atoms with Crippen molar-refractivity contribution in [3.05, 3.63) is 59.7 Å². The lowest BCUT2D eigenvalue weighted by atomic mass is 10.1. The molecule has 0 heterocycles. The standard InChI is InChI=1S/C13H9NO.C2H6/c15-14-13-11-7-3-1-5-9(11)10-6-2-4-8-12(10)13;1-2/h1-8,15H;1-2H3. The third-order valence-electron chi connectivity index (χ3n) is 2.75. The number of hydrogen-bond acceptors (Lipinski definition) is 2. The molecule has 0 saturated heterocycles. The highest BCUT2D eigenvalue weighted by Gasteiger charge is 2.23. The summed E-state index contributed by atoms with van der Waals surface area (Å²) in [5.41, 5.74) is 4.95. The molecule has 0 amide bonds. The van der Waals surface area contributed by atoms with Gasteiger partial charge in [0.15, 0.2) is 0 Å². The van der Waals surface area contributed by atoms with Crippen molar-refractivity contribution in [1.29, 1.82) is 0 Å². The summed E-state index contributed by atoms with van der Waals surface area (Å²) in [5, 5.41) is 12.4. The summed E-state index contributed by atoms with van der Waals surface area (Å²) in [6.07, 6.45) is 0. The number of oxime groups is 1. The fourth-order valence-electron chi connectivity index (χ4n) is 2.10. The molecule has 3 rings (SSSR count). The SMILES string of the molecule is CC.ON=C1c2ccccc2-c2ccccc21. The lowest BCUT2D eigenvalue weighted by Crippen LogP contribution is -1.96. The first-order valence-corrected chi connectivity index (χ1v) is 5.83. The maximum atomic E-state index is 9.05. The van der Waals surface area contributed by atoms with E-state index in [0.717, 1.165) is 22.3 Å². The van der Waals surface area contributed by atoms with Crippen LogP contribution in [0.5, 0.6) is 0 Å².